The summed E-state index contributed by atoms with van der Waals surface area (Å²) in [5.74, 6) is -1.74. The summed E-state index contributed by atoms with van der Waals surface area (Å²) in [6.45, 7) is -0.488. The van der Waals surface area contributed by atoms with Gasteiger partial charge < -0.3 is 19.8 Å². The molecule has 5 heteroatoms. The smallest absolute Gasteiger partial charge is 0.251 e. The quantitative estimate of drug-likeness (QED) is 0.818. The molecule has 1 amide bonds. The van der Waals surface area contributed by atoms with Crippen LogP contribution in [0.1, 0.15) is 10.4 Å². The van der Waals surface area contributed by atoms with Gasteiger partial charge in [-0.2, -0.15) is 0 Å². The highest BCUT2D eigenvalue weighted by Gasteiger charge is 2.04. The van der Waals surface area contributed by atoms with Gasteiger partial charge >= 0.3 is 0 Å². The van der Waals surface area contributed by atoms with Gasteiger partial charge in [0.25, 0.3) is 5.91 Å². The van der Waals surface area contributed by atoms with Crippen molar-refractivity contribution >= 4 is 11.9 Å². The first kappa shape index (κ1) is 11.9. The van der Waals surface area contributed by atoms with Crippen LogP contribution >= 0.6 is 0 Å². The summed E-state index contributed by atoms with van der Waals surface area (Å²) in [6, 6.07) is 10.7. The molecule has 1 aromatic heterocycles. The largest absolute Gasteiger partial charge is 0.548 e. The number of aromatic nitrogens is 1. The zero-order valence-corrected chi connectivity index (χ0v) is 9.50. The predicted octanol–water partition coefficient (Wildman–Crippen LogP) is -0.0430. The number of carbonyl (C=O) groups excluding carboxylic acids is 2. The molecule has 2 rings (SSSR count). The van der Waals surface area contributed by atoms with E-state index in [2.05, 4.69) is 5.32 Å². The summed E-state index contributed by atoms with van der Waals surface area (Å²) in [5.41, 5.74) is 1.34. The van der Waals surface area contributed by atoms with E-state index in [0.717, 1.165) is 5.69 Å². The van der Waals surface area contributed by atoms with E-state index in [1.165, 1.54) is 0 Å². The summed E-state index contributed by atoms with van der Waals surface area (Å²) in [5, 5.41) is 12.5. The van der Waals surface area contributed by atoms with E-state index in [1.807, 2.05) is 29.1 Å². The van der Waals surface area contributed by atoms with Crippen LogP contribution < -0.4 is 10.4 Å². The van der Waals surface area contributed by atoms with E-state index in [9.17, 15) is 14.7 Å². The molecule has 5 nitrogen and oxygen atoms in total. The molecule has 0 saturated carbocycles. The Balaban J connectivity index is 2.08. The third kappa shape index (κ3) is 2.76. The van der Waals surface area contributed by atoms with Gasteiger partial charge in [-0.3, -0.25) is 4.79 Å². The molecule has 2 aromatic rings. The standard InChI is InChI=1S/C13H12N2O3/c16-12(17)9-14-13(18)10-3-5-11(6-4-10)15-7-1-2-8-15/h1-8H,9H2,(H,14,18)(H,16,17)/p-1. The molecular formula is C13H11N2O3-. The second-order valence-electron chi connectivity index (χ2n) is 3.69. The van der Waals surface area contributed by atoms with E-state index in [-0.39, 0.29) is 0 Å². The zero-order valence-electron chi connectivity index (χ0n) is 9.50. The Labute approximate surface area is 104 Å². The number of carboxylic acid groups (broad SMARTS) is 1. The van der Waals surface area contributed by atoms with Gasteiger partial charge in [0.2, 0.25) is 0 Å². The van der Waals surface area contributed by atoms with Crippen LogP contribution in [0.4, 0.5) is 0 Å². The average molecular weight is 243 g/mol. The van der Waals surface area contributed by atoms with Crippen molar-refractivity contribution < 1.29 is 14.7 Å². The lowest BCUT2D eigenvalue weighted by Gasteiger charge is -2.07. The van der Waals surface area contributed by atoms with Crippen molar-refractivity contribution in [3.8, 4) is 5.69 Å². The molecule has 1 aromatic carbocycles. The van der Waals surface area contributed by atoms with Crippen LogP contribution in [0.3, 0.4) is 0 Å². The van der Waals surface area contributed by atoms with Crippen LogP contribution in [0.5, 0.6) is 0 Å². The van der Waals surface area contributed by atoms with Crippen LogP contribution in [-0.4, -0.2) is 23.0 Å². The van der Waals surface area contributed by atoms with Crippen molar-refractivity contribution in [2.75, 3.05) is 6.54 Å². The maximum absolute atomic E-state index is 11.5. The molecule has 0 unspecified atom stereocenters. The first-order chi connectivity index (χ1) is 8.66. The van der Waals surface area contributed by atoms with Gasteiger partial charge in [0, 0.05) is 23.6 Å². The molecule has 0 aliphatic carbocycles. The van der Waals surface area contributed by atoms with Crippen LogP contribution in [-0.2, 0) is 4.79 Å². The molecular weight excluding hydrogens is 232 g/mol. The molecule has 1 heterocycles. The topological polar surface area (TPSA) is 74.2 Å². The Hall–Kier alpha value is -2.56. The minimum absolute atomic E-state index is 0.409. The van der Waals surface area contributed by atoms with E-state index >= 15 is 0 Å². The van der Waals surface area contributed by atoms with Crippen molar-refractivity contribution in [1.82, 2.24) is 9.88 Å². The molecule has 0 saturated heterocycles. The van der Waals surface area contributed by atoms with Gasteiger partial charge in [0.05, 0.1) is 12.5 Å². The fraction of sp³-hybridized carbons (Fsp3) is 0.0769. The maximum atomic E-state index is 11.5. The predicted molar refractivity (Wildman–Crippen MR) is 63.1 cm³/mol. The lowest BCUT2D eigenvalue weighted by Crippen LogP contribution is -2.37. The molecule has 0 radical (unpaired) electrons. The summed E-state index contributed by atoms with van der Waals surface area (Å²) < 4.78 is 1.91. The number of nitrogens with one attached hydrogen (secondary N) is 1. The number of hydrogen-bond acceptors (Lipinski definition) is 3. The molecule has 0 aliphatic rings. The van der Waals surface area contributed by atoms with Crippen molar-refractivity contribution in [3.05, 3.63) is 54.4 Å². The molecule has 0 atom stereocenters. The SMILES string of the molecule is O=C([O-])CNC(=O)c1ccc(-n2cccc2)cc1. The van der Waals surface area contributed by atoms with Crippen molar-refractivity contribution in [2.24, 2.45) is 0 Å². The van der Waals surface area contributed by atoms with Crippen molar-refractivity contribution in [2.45, 2.75) is 0 Å². The van der Waals surface area contributed by atoms with E-state index in [0.29, 0.717) is 5.56 Å². The molecule has 92 valence electrons. The fourth-order valence-electron chi connectivity index (χ4n) is 1.55. The van der Waals surface area contributed by atoms with Crippen LogP contribution in [0.25, 0.3) is 5.69 Å². The Morgan fingerprint density at radius 1 is 1.11 bits per heavy atom. The Morgan fingerprint density at radius 3 is 2.28 bits per heavy atom. The monoisotopic (exact) mass is 243 g/mol. The molecule has 0 aliphatic heterocycles. The van der Waals surface area contributed by atoms with Crippen molar-refractivity contribution in [1.29, 1.82) is 0 Å². The van der Waals surface area contributed by atoms with Crippen molar-refractivity contribution in [3.63, 3.8) is 0 Å². The van der Waals surface area contributed by atoms with Gasteiger partial charge in [0.15, 0.2) is 0 Å². The highest BCUT2D eigenvalue weighted by molar-refractivity contribution is 5.95. The number of amides is 1. The molecule has 1 N–H and O–H groups in total. The second kappa shape index (κ2) is 5.18. The van der Waals surface area contributed by atoms with Gasteiger partial charge in [-0.05, 0) is 36.4 Å². The van der Waals surface area contributed by atoms with E-state index in [1.54, 1.807) is 24.3 Å². The molecule has 18 heavy (non-hydrogen) atoms. The van der Waals surface area contributed by atoms with Gasteiger partial charge in [-0.15, -0.1) is 0 Å². The van der Waals surface area contributed by atoms with Crippen LogP contribution in [0.2, 0.25) is 0 Å². The lowest BCUT2D eigenvalue weighted by molar-refractivity contribution is -0.303. The fourth-order valence-corrected chi connectivity index (χ4v) is 1.55. The van der Waals surface area contributed by atoms with Crippen LogP contribution in [0.15, 0.2) is 48.8 Å². The zero-order chi connectivity index (χ0) is 13.0. The van der Waals surface area contributed by atoms with E-state index in [4.69, 9.17) is 0 Å². The Kier molecular flexibility index (Phi) is 3.43. The van der Waals surface area contributed by atoms with E-state index < -0.39 is 18.4 Å². The summed E-state index contributed by atoms with van der Waals surface area (Å²) in [7, 11) is 0. The summed E-state index contributed by atoms with van der Waals surface area (Å²) in [4.78, 5) is 21.8. The second-order valence-corrected chi connectivity index (χ2v) is 3.69. The minimum atomic E-state index is -1.31. The minimum Gasteiger partial charge on any atom is -0.548 e. The Morgan fingerprint density at radius 2 is 1.72 bits per heavy atom. The maximum Gasteiger partial charge on any atom is 0.251 e. The number of rotatable bonds is 4. The lowest BCUT2D eigenvalue weighted by atomic mass is 10.2. The molecule has 0 fully saturated rings. The van der Waals surface area contributed by atoms with Crippen LogP contribution in [0, 0.1) is 0 Å². The number of nitrogens with zero attached hydrogens (tertiary/aromatic N) is 1. The summed E-state index contributed by atoms with van der Waals surface area (Å²) in [6.07, 6.45) is 3.79. The third-order valence-corrected chi connectivity index (χ3v) is 2.43. The first-order valence-electron chi connectivity index (χ1n) is 5.38. The number of carboxylic acids is 1. The number of aliphatic carboxylic acids is 1. The average Bonchev–Trinajstić information content (AvgIpc) is 2.90. The first-order valence-corrected chi connectivity index (χ1v) is 5.38. The summed E-state index contributed by atoms with van der Waals surface area (Å²) >= 11 is 0. The number of hydrogen-bond donors (Lipinski definition) is 1. The Bertz CT molecular complexity index is 544. The highest BCUT2D eigenvalue weighted by atomic mass is 16.4. The highest BCUT2D eigenvalue weighted by Crippen LogP contribution is 2.09. The normalized spacial score (nSPS) is 10.0. The van der Waals surface area contributed by atoms with Gasteiger partial charge in [-0.25, -0.2) is 0 Å². The molecule has 0 spiro atoms. The van der Waals surface area contributed by atoms with Gasteiger partial charge in [0.1, 0.15) is 0 Å². The number of benzene rings is 1. The number of carbonyl (C=O) groups is 2. The third-order valence-electron chi connectivity index (χ3n) is 2.43. The van der Waals surface area contributed by atoms with Gasteiger partial charge in [-0.1, -0.05) is 0 Å². The molecule has 0 bridgehead atoms.